The molecule has 0 atom stereocenters. The molecule has 108 valence electrons. The van der Waals surface area contributed by atoms with Crippen LogP contribution in [-0.4, -0.2) is 40.8 Å². The standard InChI is InChI=1S/C16H23N3O/c1-3-8-19-9-6-13(7-10-19)20-16-5-4-15-14(12(16)2)11-17-18-15/h4-5,11,13H,3,6-10H2,1-2H3,(H,17,18). The summed E-state index contributed by atoms with van der Waals surface area (Å²) < 4.78 is 6.22. The van der Waals surface area contributed by atoms with E-state index < -0.39 is 0 Å². The van der Waals surface area contributed by atoms with Crippen LogP contribution in [0.1, 0.15) is 31.7 Å². The minimum atomic E-state index is 0.353. The smallest absolute Gasteiger partial charge is 0.123 e. The molecule has 20 heavy (non-hydrogen) atoms. The van der Waals surface area contributed by atoms with Crippen LogP contribution in [0.15, 0.2) is 18.3 Å². The van der Waals surface area contributed by atoms with E-state index in [1.54, 1.807) is 0 Å². The van der Waals surface area contributed by atoms with Crippen molar-refractivity contribution >= 4 is 10.9 Å². The van der Waals surface area contributed by atoms with Crippen molar-refractivity contribution in [2.75, 3.05) is 19.6 Å². The first-order chi connectivity index (χ1) is 9.78. The molecule has 2 aromatic rings. The van der Waals surface area contributed by atoms with Crippen molar-refractivity contribution in [2.24, 2.45) is 0 Å². The molecule has 0 saturated carbocycles. The van der Waals surface area contributed by atoms with E-state index in [2.05, 4.69) is 41.1 Å². The van der Waals surface area contributed by atoms with E-state index in [0.29, 0.717) is 6.10 Å². The SMILES string of the molecule is CCCN1CCC(Oc2ccc3[nH]ncc3c2C)CC1. The zero-order valence-electron chi connectivity index (χ0n) is 12.4. The predicted octanol–water partition coefficient (Wildman–Crippen LogP) is 3.12. The molecule has 0 aliphatic carbocycles. The first-order valence-electron chi connectivity index (χ1n) is 7.59. The van der Waals surface area contributed by atoms with Crippen molar-refractivity contribution in [2.45, 2.75) is 39.2 Å². The summed E-state index contributed by atoms with van der Waals surface area (Å²) >= 11 is 0. The summed E-state index contributed by atoms with van der Waals surface area (Å²) in [5.41, 5.74) is 2.26. The van der Waals surface area contributed by atoms with E-state index in [9.17, 15) is 0 Å². The molecule has 1 aliphatic rings. The largest absolute Gasteiger partial charge is 0.490 e. The molecule has 1 N–H and O–H groups in total. The lowest BCUT2D eigenvalue weighted by molar-refractivity contribution is 0.100. The van der Waals surface area contributed by atoms with Gasteiger partial charge in [0.1, 0.15) is 11.9 Å². The quantitative estimate of drug-likeness (QED) is 0.930. The minimum Gasteiger partial charge on any atom is -0.490 e. The Morgan fingerprint density at radius 2 is 2.15 bits per heavy atom. The van der Waals surface area contributed by atoms with E-state index in [1.165, 1.54) is 18.5 Å². The number of aromatic nitrogens is 2. The maximum absolute atomic E-state index is 6.22. The van der Waals surface area contributed by atoms with Crippen LogP contribution in [0.3, 0.4) is 0 Å². The average molecular weight is 273 g/mol. The summed E-state index contributed by atoms with van der Waals surface area (Å²) in [6.45, 7) is 7.88. The molecule has 1 saturated heterocycles. The highest BCUT2D eigenvalue weighted by Crippen LogP contribution is 2.28. The molecule has 1 aliphatic heterocycles. The van der Waals surface area contributed by atoms with Crippen LogP contribution < -0.4 is 4.74 Å². The molecule has 0 radical (unpaired) electrons. The number of aromatic amines is 1. The van der Waals surface area contributed by atoms with Gasteiger partial charge in [0.25, 0.3) is 0 Å². The molecular formula is C16H23N3O. The van der Waals surface area contributed by atoms with E-state index in [0.717, 1.165) is 42.6 Å². The van der Waals surface area contributed by atoms with Crippen LogP contribution in [-0.2, 0) is 0 Å². The van der Waals surface area contributed by atoms with Gasteiger partial charge in [0.15, 0.2) is 0 Å². The van der Waals surface area contributed by atoms with Crippen molar-refractivity contribution in [3.05, 3.63) is 23.9 Å². The van der Waals surface area contributed by atoms with E-state index in [1.807, 2.05) is 6.20 Å². The van der Waals surface area contributed by atoms with Gasteiger partial charge < -0.3 is 9.64 Å². The number of nitrogens with one attached hydrogen (secondary N) is 1. The number of H-pyrrole nitrogens is 1. The number of aryl methyl sites for hydroxylation is 1. The van der Waals surface area contributed by atoms with Gasteiger partial charge in [0, 0.05) is 24.0 Å². The Bertz CT molecular complexity index is 570. The zero-order chi connectivity index (χ0) is 13.9. The van der Waals surface area contributed by atoms with Crippen LogP contribution in [0.5, 0.6) is 5.75 Å². The number of fused-ring (bicyclic) bond motifs is 1. The molecule has 1 aromatic heterocycles. The highest BCUT2D eigenvalue weighted by molar-refractivity contribution is 5.83. The molecule has 4 nitrogen and oxygen atoms in total. The lowest BCUT2D eigenvalue weighted by Gasteiger charge is -2.32. The van der Waals surface area contributed by atoms with Crippen molar-refractivity contribution in [3.8, 4) is 5.75 Å². The second-order valence-corrected chi connectivity index (χ2v) is 5.68. The van der Waals surface area contributed by atoms with Crippen LogP contribution in [0.25, 0.3) is 10.9 Å². The summed E-state index contributed by atoms with van der Waals surface area (Å²) in [5, 5.41) is 8.25. The molecule has 1 fully saturated rings. The predicted molar refractivity (Wildman–Crippen MR) is 81.2 cm³/mol. The molecule has 1 aromatic carbocycles. The van der Waals surface area contributed by atoms with Crippen LogP contribution in [0.4, 0.5) is 0 Å². The second kappa shape index (κ2) is 5.83. The van der Waals surface area contributed by atoms with Gasteiger partial charge in [0.2, 0.25) is 0 Å². The average Bonchev–Trinajstić information content (AvgIpc) is 2.94. The third-order valence-corrected chi connectivity index (χ3v) is 4.21. The fourth-order valence-corrected chi connectivity index (χ4v) is 3.01. The molecule has 2 heterocycles. The molecular weight excluding hydrogens is 250 g/mol. The molecule has 4 heteroatoms. The highest BCUT2D eigenvalue weighted by Gasteiger charge is 2.20. The Morgan fingerprint density at radius 3 is 2.90 bits per heavy atom. The lowest BCUT2D eigenvalue weighted by Crippen LogP contribution is -2.38. The number of benzene rings is 1. The number of nitrogens with zero attached hydrogens (tertiary/aromatic N) is 2. The molecule has 0 bridgehead atoms. The van der Waals surface area contributed by atoms with Crippen molar-refractivity contribution in [3.63, 3.8) is 0 Å². The second-order valence-electron chi connectivity index (χ2n) is 5.68. The van der Waals surface area contributed by atoms with Crippen molar-refractivity contribution < 1.29 is 4.74 Å². The number of ether oxygens (including phenoxy) is 1. The van der Waals surface area contributed by atoms with E-state index in [4.69, 9.17) is 4.74 Å². The lowest BCUT2D eigenvalue weighted by atomic mass is 10.1. The fraction of sp³-hybridized carbons (Fsp3) is 0.562. The summed E-state index contributed by atoms with van der Waals surface area (Å²) in [6, 6.07) is 4.12. The van der Waals surface area contributed by atoms with Crippen LogP contribution in [0, 0.1) is 6.92 Å². The van der Waals surface area contributed by atoms with Gasteiger partial charge in [0.05, 0.1) is 11.7 Å². The van der Waals surface area contributed by atoms with Crippen molar-refractivity contribution in [1.29, 1.82) is 0 Å². The van der Waals surface area contributed by atoms with Gasteiger partial charge >= 0.3 is 0 Å². The number of hydrogen-bond acceptors (Lipinski definition) is 3. The van der Waals surface area contributed by atoms with Crippen LogP contribution >= 0.6 is 0 Å². The van der Waals surface area contributed by atoms with E-state index in [-0.39, 0.29) is 0 Å². The Balaban J connectivity index is 1.66. The Morgan fingerprint density at radius 1 is 1.35 bits per heavy atom. The summed E-state index contributed by atoms with van der Waals surface area (Å²) in [6.07, 6.45) is 5.72. The zero-order valence-corrected chi connectivity index (χ0v) is 12.4. The third-order valence-electron chi connectivity index (χ3n) is 4.21. The maximum Gasteiger partial charge on any atom is 0.123 e. The molecule has 0 spiro atoms. The third kappa shape index (κ3) is 2.66. The van der Waals surface area contributed by atoms with Gasteiger partial charge in [-0.15, -0.1) is 0 Å². The molecule has 0 unspecified atom stereocenters. The first kappa shape index (κ1) is 13.4. The normalized spacial score (nSPS) is 17.7. The van der Waals surface area contributed by atoms with Crippen LogP contribution in [0.2, 0.25) is 0 Å². The summed E-state index contributed by atoms with van der Waals surface area (Å²) in [7, 11) is 0. The number of likely N-dealkylation sites (tertiary alicyclic amines) is 1. The van der Waals surface area contributed by atoms with E-state index >= 15 is 0 Å². The number of hydrogen-bond donors (Lipinski definition) is 1. The Kier molecular flexibility index (Phi) is 3.92. The van der Waals surface area contributed by atoms with Gasteiger partial charge in [-0.05, 0) is 44.9 Å². The molecule has 0 amide bonds. The summed E-state index contributed by atoms with van der Waals surface area (Å²) in [5.74, 6) is 1.01. The first-order valence-corrected chi connectivity index (χ1v) is 7.59. The number of piperidine rings is 1. The summed E-state index contributed by atoms with van der Waals surface area (Å²) in [4.78, 5) is 2.53. The molecule has 3 rings (SSSR count). The van der Waals surface area contributed by atoms with Gasteiger partial charge in [-0.2, -0.15) is 5.10 Å². The monoisotopic (exact) mass is 273 g/mol. The number of rotatable bonds is 4. The maximum atomic E-state index is 6.22. The topological polar surface area (TPSA) is 41.1 Å². The Labute approximate surface area is 120 Å². The van der Waals surface area contributed by atoms with Gasteiger partial charge in [-0.3, -0.25) is 5.10 Å². The van der Waals surface area contributed by atoms with Gasteiger partial charge in [-0.25, -0.2) is 0 Å². The Hall–Kier alpha value is -1.55. The van der Waals surface area contributed by atoms with Crippen molar-refractivity contribution in [1.82, 2.24) is 15.1 Å². The highest BCUT2D eigenvalue weighted by atomic mass is 16.5. The minimum absolute atomic E-state index is 0.353. The fourth-order valence-electron chi connectivity index (χ4n) is 3.01. The van der Waals surface area contributed by atoms with Gasteiger partial charge in [-0.1, -0.05) is 6.92 Å².